The van der Waals surface area contributed by atoms with Gasteiger partial charge in [0.15, 0.2) is 11.7 Å². The summed E-state index contributed by atoms with van der Waals surface area (Å²) in [5.74, 6) is 1.06. The first-order chi connectivity index (χ1) is 13.9. The quantitative estimate of drug-likeness (QED) is 0.551. The van der Waals surface area contributed by atoms with Crippen molar-refractivity contribution in [2.75, 3.05) is 15.8 Å². The molecule has 0 saturated carbocycles. The second-order valence-corrected chi connectivity index (χ2v) is 8.37. The van der Waals surface area contributed by atoms with Crippen molar-refractivity contribution in [1.82, 2.24) is 4.98 Å². The minimum Gasteiger partial charge on any atom is -0.441 e. The minimum absolute atomic E-state index is 0.0677. The number of amides is 1. The van der Waals surface area contributed by atoms with E-state index in [9.17, 15) is 13.2 Å². The first-order valence-corrected chi connectivity index (χ1v) is 11.0. The van der Waals surface area contributed by atoms with Crippen molar-refractivity contribution in [1.29, 1.82) is 0 Å². The molecule has 1 aromatic heterocycles. The van der Waals surface area contributed by atoms with Gasteiger partial charge in [-0.25, -0.2) is 13.4 Å². The fourth-order valence-corrected chi connectivity index (χ4v) is 3.86. The number of carbonyl (C=O) groups excluding carboxylic acids is 1. The van der Waals surface area contributed by atoms with Gasteiger partial charge in [-0.15, -0.1) is 0 Å². The molecule has 0 fully saturated rings. The van der Waals surface area contributed by atoms with E-state index in [0.717, 1.165) is 5.56 Å². The molecule has 0 aliphatic heterocycles. The Hall–Kier alpha value is -3.13. The minimum atomic E-state index is -3.33. The van der Waals surface area contributed by atoms with Crippen molar-refractivity contribution in [3.8, 4) is 11.3 Å². The van der Waals surface area contributed by atoms with Crippen molar-refractivity contribution in [2.45, 2.75) is 26.2 Å². The number of benzene rings is 2. The van der Waals surface area contributed by atoms with Crippen LogP contribution in [0.2, 0.25) is 0 Å². The van der Waals surface area contributed by atoms with Crippen LogP contribution < -0.4 is 10.0 Å². The molecular formula is C21H23N3O4S. The zero-order valence-corrected chi connectivity index (χ0v) is 16.9. The number of oxazole rings is 1. The molecule has 0 spiro atoms. The van der Waals surface area contributed by atoms with Gasteiger partial charge in [-0.1, -0.05) is 37.3 Å². The van der Waals surface area contributed by atoms with Crippen LogP contribution in [-0.4, -0.2) is 25.1 Å². The summed E-state index contributed by atoms with van der Waals surface area (Å²) in [7, 11) is -3.33. The topological polar surface area (TPSA) is 101 Å². The monoisotopic (exact) mass is 413 g/mol. The van der Waals surface area contributed by atoms with E-state index < -0.39 is 10.0 Å². The number of sulfonamides is 1. The summed E-state index contributed by atoms with van der Waals surface area (Å²) in [5, 5.41) is 2.78. The molecule has 1 heterocycles. The predicted octanol–water partition coefficient (Wildman–Crippen LogP) is 4.06. The van der Waals surface area contributed by atoms with Gasteiger partial charge in [0.05, 0.1) is 11.9 Å². The van der Waals surface area contributed by atoms with Crippen molar-refractivity contribution in [3.05, 3.63) is 66.7 Å². The first kappa shape index (κ1) is 20.6. The third kappa shape index (κ3) is 6.18. The highest BCUT2D eigenvalue weighted by Gasteiger charge is 2.11. The Morgan fingerprint density at radius 2 is 1.72 bits per heavy atom. The molecule has 0 aliphatic carbocycles. The fraction of sp³-hybridized carbons (Fsp3) is 0.238. The number of nitrogens with zero attached hydrogens (tertiary/aromatic N) is 1. The zero-order valence-electron chi connectivity index (χ0n) is 16.1. The lowest BCUT2D eigenvalue weighted by Gasteiger charge is -2.08. The second kappa shape index (κ2) is 9.38. The van der Waals surface area contributed by atoms with Crippen LogP contribution in [0.3, 0.4) is 0 Å². The highest BCUT2D eigenvalue weighted by atomic mass is 32.2. The van der Waals surface area contributed by atoms with Crippen LogP contribution in [0.4, 0.5) is 11.4 Å². The molecule has 7 nitrogen and oxygen atoms in total. The number of carbonyl (C=O) groups is 1. The molecule has 0 unspecified atom stereocenters. The molecule has 2 N–H and O–H groups in total. The number of aromatic nitrogens is 1. The molecule has 3 rings (SSSR count). The molecule has 0 bridgehead atoms. The Balaban J connectivity index is 1.50. The molecule has 0 aliphatic rings. The molecule has 1 amide bonds. The Bertz CT molecular complexity index is 1050. The van der Waals surface area contributed by atoms with E-state index in [4.69, 9.17) is 4.42 Å². The van der Waals surface area contributed by atoms with Gasteiger partial charge >= 0.3 is 0 Å². The van der Waals surface area contributed by atoms with Crippen LogP contribution in [0, 0.1) is 0 Å². The maximum absolute atomic E-state index is 12.2. The molecule has 3 aromatic rings. The van der Waals surface area contributed by atoms with Gasteiger partial charge in [0, 0.05) is 29.8 Å². The van der Waals surface area contributed by atoms with Gasteiger partial charge in [-0.2, -0.15) is 0 Å². The molecule has 2 aromatic carbocycles. The number of hydrogen-bond donors (Lipinski definition) is 2. The maximum Gasteiger partial charge on any atom is 0.232 e. The molecule has 0 saturated heterocycles. The van der Waals surface area contributed by atoms with Crippen LogP contribution in [0.1, 0.15) is 25.7 Å². The van der Waals surface area contributed by atoms with E-state index in [1.165, 1.54) is 0 Å². The number of anilines is 2. The van der Waals surface area contributed by atoms with E-state index in [2.05, 4.69) is 15.0 Å². The average Bonchev–Trinajstić information content (AvgIpc) is 3.17. The van der Waals surface area contributed by atoms with Crippen molar-refractivity contribution >= 4 is 27.3 Å². The summed E-state index contributed by atoms with van der Waals surface area (Å²) in [6.45, 7) is 1.80. The average molecular weight is 413 g/mol. The van der Waals surface area contributed by atoms with E-state index in [1.807, 2.05) is 30.3 Å². The highest BCUT2D eigenvalue weighted by molar-refractivity contribution is 7.92. The first-order valence-electron chi connectivity index (χ1n) is 9.36. The normalized spacial score (nSPS) is 11.2. The third-order valence-corrected chi connectivity index (χ3v) is 5.59. The molecule has 0 atom stereocenters. The standard InChI is InChI=1S/C21H23N3O4S/c1-2-14-29(26,27)24-18-10-8-17(9-11-18)23-20(25)12-13-21-22-15-19(28-21)16-6-4-3-5-7-16/h3-11,15,24H,2,12-14H2,1H3,(H,23,25). The van der Waals surface area contributed by atoms with E-state index >= 15 is 0 Å². The van der Waals surface area contributed by atoms with Gasteiger partial charge in [0.1, 0.15) is 0 Å². The zero-order chi connectivity index (χ0) is 20.7. The summed E-state index contributed by atoms with van der Waals surface area (Å²) in [4.78, 5) is 16.4. The summed E-state index contributed by atoms with van der Waals surface area (Å²) in [5.41, 5.74) is 1.99. The Kier molecular flexibility index (Phi) is 6.66. The van der Waals surface area contributed by atoms with Crippen molar-refractivity contribution in [2.24, 2.45) is 0 Å². The van der Waals surface area contributed by atoms with E-state index in [1.54, 1.807) is 37.4 Å². The molecule has 8 heteroatoms. The van der Waals surface area contributed by atoms with Gasteiger partial charge in [0.2, 0.25) is 15.9 Å². The summed E-state index contributed by atoms with van der Waals surface area (Å²) in [6.07, 6.45) is 2.80. The third-order valence-electron chi connectivity index (χ3n) is 4.09. The molecular weight excluding hydrogens is 390 g/mol. The summed E-state index contributed by atoms with van der Waals surface area (Å²) >= 11 is 0. The largest absolute Gasteiger partial charge is 0.441 e. The molecule has 0 radical (unpaired) electrons. The van der Waals surface area contributed by atoms with Gasteiger partial charge < -0.3 is 9.73 Å². The maximum atomic E-state index is 12.2. The van der Waals surface area contributed by atoms with Gasteiger partial charge in [-0.3, -0.25) is 9.52 Å². The number of nitrogens with one attached hydrogen (secondary N) is 2. The lowest BCUT2D eigenvalue weighted by atomic mass is 10.2. The van der Waals surface area contributed by atoms with E-state index in [0.29, 0.717) is 35.9 Å². The van der Waals surface area contributed by atoms with Crippen LogP contribution in [-0.2, 0) is 21.2 Å². The van der Waals surface area contributed by atoms with E-state index in [-0.39, 0.29) is 18.1 Å². The molecule has 152 valence electrons. The summed E-state index contributed by atoms with van der Waals surface area (Å²) < 4.78 is 31.8. The predicted molar refractivity (Wildman–Crippen MR) is 113 cm³/mol. The fourth-order valence-electron chi connectivity index (χ4n) is 2.73. The van der Waals surface area contributed by atoms with Crippen LogP contribution in [0.25, 0.3) is 11.3 Å². The van der Waals surface area contributed by atoms with Crippen molar-refractivity contribution < 1.29 is 17.6 Å². The van der Waals surface area contributed by atoms with Gasteiger partial charge in [-0.05, 0) is 30.7 Å². The molecule has 29 heavy (non-hydrogen) atoms. The Morgan fingerprint density at radius 1 is 1.03 bits per heavy atom. The van der Waals surface area contributed by atoms with Crippen LogP contribution in [0.15, 0.2) is 65.2 Å². The Labute approximate surface area is 170 Å². The number of hydrogen-bond acceptors (Lipinski definition) is 5. The number of aryl methyl sites for hydroxylation is 1. The second-order valence-electron chi connectivity index (χ2n) is 6.53. The lowest BCUT2D eigenvalue weighted by molar-refractivity contribution is -0.116. The van der Waals surface area contributed by atoms with Crippen molar-refractivity contribution in [3.63, 3.8) is 0 Å². The smallest absolute Gasteiger partial charge is 0.232 e. The van der Waals surface area contributed by atoms with Crippen LogP contribution >= 0.6 is 0 Å². The summed E-state index contributed by atoms with van der Waals surface area (Å²) in [6, 6.07) is 16.2. The lowest BCUT2D eigenvalue weighted by Crippen LogP contribution is -2.16. The Morgan fingerprint density at radius 3 is 2.41 bits per heavy atom. The number of rotatable bonds is 9. The highest BCUT2D eigenvalue weighted by Crippen LogP contribution is 2.20. The van der Waals surface area contributed by atoms with Crippen LogP contribution in [0.5, 0.6) is 0 Å². The van der Waals surface area contributed by atoms with Gasteiger partial charge in [0.25, 0.3) is 0 Å². The SMILES string of the molecule is CCCS(=O)(=O)Nc1ccc(NC(=O)CCc2ncc(-c3ccccc3)o2)cc1.